The predicted molar refractivity (Wildman–Crippen MR) is 86.3 cm³/mol. The molecule has 0 saturated carbocycles. The van der Waals surface area contributed by atoms with E-state index in [1.165, 1.54) is 6.07 Å². The zero-order valence-electron chi connectivity index (χ0n) is 12.1. The molecule has 4 nitrogen and oxygen atoms in total. The van der Waals surface area contributed by atoms with Crippen molar-refractivity contribution in [3.05, 3.63) is 29.8 Å². The summed E-state index contributed by atoms with van der Waals surface area (Å²) in [5.41, 5.74) is 5.57. The first-order valence-corrected chi connectivity index (χ1v) is 8.64. The largest absolute Gasteiger partial charge is 0.389 e. The van der Waals surface area contributed by atoms with Crippen LogP contribution in [0.4, 0.5) is 0 Å². The van der Waals surface area contributed by atoms with Crippen molar-refractivity contribution in [2.75, 3.05) is 0 Å². The highest BCUT2D eigenvalue weighted by Gasteiger charge is 2.31. The molecular weight excluding hydrogens is 292 g/mol. The van der Waals surface area contributed by atoms with E-state index in [1.807, 2.05) is 20.8 Å². The standard InChI is InChI=1S/C14H22N2O2S2/c1-4-14(5-2,6-3)16-20(17,18)12-10-8-7-9-11(12)13(15)19/h7-10,16H,4-6H2,1-3H3,(H2,15,19). The minimum Gasteiger partial charge on any atom is -0.389 e. The Morgan fingerprint density at radius 2 is 1.70 bits per heavy atom. The van der Waals surface area contributed by atoms with Crippen LogP contribution < -0.4 is 10.5 Å². The molecule has 0 fully saturated rings. The van der Waals surface area contributed by atoms with Gasteiger partial charge in [-0.1, -0.05) is 51.2 Å². The van der Waals surface area contributed by atoms with Crippen LogP contribution in [0, 0.1) is 0 Å². The molecule has 0 saturated heterocycles. The first kappa shape index (κ1) is 17.1. The van der Waals surface area contributed by atoms with Gasteiger partial charge in [-0.2, -0.15) is 0 Å². The summed E-state index contributed by atoms with van der Waals surface area (Å²) in [6, 6.07) is 6.55. The molecule has 0 bridgehead atoms. The Morgan fingerprint density at radius 1 is 1.20 bits per heavy atom. The van der Waals surface area contributed by atoms with E-state index >= 15 is 0 Å². The van der Waals surface area contributed by atoms with Crippen molar-refractivity contribution < 1.29 is 8.42 Å². The third kappa shape index (κ3) is 3.56. The fourth-order valence-electron chi connectivity index (χ4n) is 2.21. The van der Waals surface area contributed by atoms with Gasteiger partial charge in [0.25, 0.3) is 0 Å². The molecule has 112 valence electrons. The lowest BCUT2D eigenvalue weighted by Gasteiger charge is -2.31. The minimum atomic E-state index is -3.65. The van der Waals surface area contributed by atoms with E-state index in [0.717, 1.165) is 19.3 Å². The molecule has 20 heavy (non-hydrogen) atoms. The van der Waals surface area contributed by atoms with Crippen molar-refractivity contribution in [1.82, 2.24) is 4.72 Å². The Hall–Kier alpha value is -0.980. The average Bonchev–Trinajstić information content (AvgIpc) is 2.45. The van der Waals surface area contributed by atoms with Gasteiger partial charge in [-0.3, -0.25) is 0 Å². The van der Waals surface area contributed by atoms with Gasteiger partial charge >= 0.3 is 0 Å². The number of rotatable bonds is 7. The highest BCUT2D eigenvalue weighted by atomic mass is 32.2. The van der Waals surface area contributed by atoms with Crippen LogP contribution in [0.25, 0.3) is 0 Å². The molecule has 3 N–H and O–H groups in total. The lowest BCUT2D eigenvalue weighted by molar-refractivity contribution is 0.341. The van der Waals surface area contributed by atoms with E-state index in [2.05, 4.69) is 4.72 Å². The van der Waals surface area contributed by atoms with Crippen molar-refractivity contribution >= 4 is 27.2 Å². The highest BCUT2D eigenvalue weighted by Crippen LogP contribution is 2.24. The predicted octanol–water partition coefficient (Wildman–Crippen LogP) is 2.57. The molecule has 6 heteroatoms. The molecule has 0 unspecified atom stereocenters. The van der Waals surface area contributed by atoms with Gasteiger partial charge < -0.3 is 5.73 Å². The Balaban J connectivity index is 3.28. The Bertz CT molecular complexity index is 570. The van der Waals surface area contributed by atoms with Crippen LogP contribution in [-0.2, 0) is 10.0 Å². The molecule has 1 rings (SSSR count). The van der Waals surface area contributed by atoms with Gasteiger partial charge in [0, 0.05) is 11.1 Å². The topological polar surface area (TPSA) is 72.2 Å². The number of hydrogen-bond acceptors (Lipinski definition) is 3. The van der Waals surface area contributed by atoms with Crippen LogP contribution in [0.15, 0.2) is 29.2 Å². The number of sulfonamides is 1. The molecular formula is C14H22N2O2S2. The number of hydrogen-bond donors (Lipinski definition) is 2. The Kier molecular flexibility index (Phi) is 5.68. The van der Waals surface area contributed by atoms with E-state index in [1.54, 1.807) is 18.2 Å². The first-order valence-electron chi connectivity index (χ1n) is 6.74. The van der Waals surface area contributed by atoms with Crippen LogP contribution in [-0.4, -0.2) is 18.9 Å². The quantitative estimate of drug-likeness (QED) is 0.759. The summed E-state index contributed by atoms with van der Waals surface area (Å²) >= 11 is 4.93. The number of benzene rings is 1. The summed E-state index contributed by atoms with van der Waals surface area (Å²) in [5.74, 6) is 0. The zero-order chi connectivity index (χ0) is 15.4. The SMILES string of the molecule is CCC(CC)(CC)NS(=O)(=O)c1ccccc1C(N)=S. The van der Waals surface area contributed by atoms with Crippen LogP contribution >= 0.6 is 12.2 Å². The fourth-order valence-corrected chi connectivity index (χ4v) is 4.29. The average molecular weight is 314 g/mol. The van der Waals surface area contributed by atoms with E-state index in [4.69, 9.17) is 18.0 Å². The molecule has 0 radical (unpaired) electrons. The van der Waals surface area contributed by atoms with Crippen LogP contribution in [0.5, 0.6) is 0 Å². The monoisotopic (exact) mass is 314 g/mol. The Labute approximate surface area is 126 Å². The maximum Gasteiger partial charge on any atom is 0.241 e. The van der Waals surface area contributed by atoms with Crippen molar-refractivity contribution in [3.8, 4) is 0 Å². The fraction of sp³-hybridized carbons (Fsp3) is 0.500. The smallest absolute Gasteiger partial charge is 0.241 e. The zero-order valence-corrected chi connectivity index (χ0v) is 13.8. The molecule has 0 amide bonds. The van der Waals surface area contributed by atoms with Gasteiger partial charge in [0.15, 0.2) is 0 Å². The van der Waals surface area contributed by atoms with Gasteiger partial charge in [-0.05, 0) is 25.3 Å². The van der Waals surface area contributed by atoms with Gasteiger partial charge in [-0.15, -0.1) is 0 Å². The molecule has 1 aromatic rings. The second-order valence-corrected chi connectivity index (χ2v) is 6.90. The highest BCUT2D eigenvalue weighted by molar-refractivity contribution is 7.89. The summed E-state index contributed by atoms with van der Waals surface area (Å²) in [7, 11) is -3.65. The number of nitrogens with two attached hydrogens (primary N) is 1. The number of nitrogens with one attached hydrogen (secondary N) is 1. The first-order chi connectivity index (χ1) is 9.32. The van der Waals surface area contributed by atoms with E-state index in [-0.39, 0.29) is 9.88 Å². The lowest BCUT2D eigenvalue weighted by atomic mass is 9.91. The second kappa shape index (κ2) is 6.65. The number of thiocarbonyl (C=S) groups is 1. The molecule has 0 aliphatic heterocycles. The molecule has 0 spiro atoms. The van der Waals surface area contributed by atoms with E-state index in [9.17, 15) is 8.42 Å². The van der Waals surface area contributed by atoms with Gasteiger partial charge in [0.05, 0.1) is 4.90 Å². The van der Waals surface area contributed by atoms with Gasteiger partial charge in [0.2, 0.25) is 10.0 Å². The second-order valence-electron chi connectivity index (χ2n) is 4.81. The Morgan fingerprint density at radius 3 is 2.15 bits per heavy atom. The van der Waals surface area contributed by atoms with Crippen molar-refractivity contribution in [2.45, 2.75) is 50.5 Å². The minimum absolute atomic E-state index is 0.0843. The molecule has 0 aliphatic carbocycles. The van der Waals surface area contributed by atoms with Crippen molar-refractivity contribution in [2.24, 2.45) is 5.73 Å². The third-order valence-corrected chi connectivity index (χ3v) is 5.68. The summed E-state index contributed by atoms with van der Waals surface area (Å²) in [6.07, 6.45) is 2.19. The third-order valence-electron chi connectivity index (χ3n) is 3.82. The summed E-state index contributed by atoms with van der Waals surface area (Å²) in [4.78, 5) is 0.230. The molecule has 1 aromatic carbocycles. The van der Waals surface area contributed by atoms with Crippen LogP contribution in [0.2, 0.25) is 0 Å². The summed E-state index contributed by atoms with van der Waals surface area (Å²) in [6.45, 7) is 5.94. The normalized spacial score (nSPS) is 12.3. The van der Waals surface area contributed by atoms with Crippen LogP contribution in [0.1, 0.15) is 45.6 Å². The van der Waals surface area contributed by atoms with Gasteiger partial charge in [0.1, 0.15) is 4.99 Å². The maximum atomic E-state index is 12.6. The van der Waals surface area contributed by atoms with Crippen molar-refractivity contribution in [3.63, 3.8) is 0 Å². The van der Waals surface area contributed by atoms with Crippen molar-refractivity contribution in [1.29, 1.82) is 0 Å². The van der Waals surface area contributed by atoms with E-state index in [0.29, 0.717) is 5.56 Å². The summed E-state index contributed by atoms with van der Waals surface area (Å²) in [5, 5.41) is 0. The lowest BCUT2D eigenvalue weighted by Crippen LogP contribution is -2.47. The van der Waals surface area contributed by atoms with E-state index < -0.39 is 15.6 Å². The molecule has 0 aromatic heterocycles. The maximum absolute atomic E-state index is 12.6. The summed E-state index contributed by atoms with van der Waals surface area (Å²) < 4.78 is 28.1. The van der Waals surface area contributed by atoms with Gasteiger partial charge in [-0.25, -0.2) is 13.1 Å². The molecule has 0 aliphatic rings. The van der Waals surface area contributed by atoms with Crippen LogP contribution in [0.3, 0.4) is 0 Å². The molecule has 0 atom stereocenters. The molecule has 0 heterocycles.